The van der Waals surface area contributed by atoms with Crippen molar-refractivity contribution in [3.63, 3.8) is 0 Å². The Labute approximate surface area is 261 Å². The molecule has 9 rings (SSSR count). The van der Waals surface area contributed by atoms with Crippen molar-refractivity contribution in [3.8, 4) is 17.1 Å². The summed E-state index contributed by atoms with van der Waals surface area (Å²) in [6.45, 7) is 0. The highest BCUT2D eigenvalue weighted by Gasteiger charge is 2.37. The van der Waals surface area contributed by atoms with Crippen LogP contribution in [0.1, 0.15) is 17.1 Å². The largest absolute Gasteiger partial charge is 0.243 e. The van der Waals surface area contributed by atoms with Crippen molar-refractivity contribution in [2.75, 3.05) is 0 Å². The van der Waals surface area contributed by atoms with E-state index in [2.05, 4.69) is 15.3 Å². The fraction of sp³-hybridized carbons (Fsp3) is 0. The maximum Gasteiger partial charge on any atom is 0.243 e. The maximum atomic E-state index is 4.90. The fourth-order valence-electron chi connectivity index (χ4n) is 5.37. The van der Waals surface area contributed by atoms with Gasteiger partial charge in [-0.25, -0.2) is 18.9 Å². The van der Waals surface area contributed by atoms with Crippen LogP contribution in [0.15, 0.2) is 158 Å². The van der Waals surface area contributed by atoms with E-state index in [-0.39, 0.29) is 0 Å². The van der Waals surface area contributed by atoms with E-state index in [1.54, 1.807) is 37.5 Å². The lowest BCUT2D eigenvalue weighted by atomic mass is 10.3. The Kier molecular flexibility index (Phi) is 5.77. The molecular weight excluding hydrogens is 578 g/mol. The number of amidine groups is 3. The van der Waals surface area contributed by atoms with Gasteiger partial charge in [-0.15, -0.1) is 0 Å². The molecular formula is C33H21N13. The van der Waals surface area contributed by atoms with Crippen LogP contribution in [0.3, 0.4) is 0 Å². The van der Waals surface area contributed by atoms with Crippen LogP contribution in [0.25, 0.3) is 17.1 Å². The van der Waals surface area contributed by atoms with Gasteiger partial charge in [0.2, 0.25) is 17.9 Å². The standard InChI is InChI=1S/C33H21N13/c1-4-10-22(11-5-1)44-25(16-19-34-44)28-37-31-39-29(26-17-20-35-45(26)23-12-6-2-7-13-23)41-33-42-30(40-32(38-28)43(31)33)27-18-21-36-46(27)24-14-8-3-9-15-24/h1-21H. The molecule has 0 bridgehead atoms. The lowest BCUT2D eigenvalue weighted by Gasteiger charge is -2.30. The first kappa shape index (κ1) is 25.6. The Morgan fingerprint density at radius 3 is 0.935 bits per heavy atom. The van der Waals surface area contributed by atoms with E-state index in [0.717, 1.165) is 17.1 Å². The molecule has 0 fully saturated rings. The molecule has 0 aliphatic carbocycles. The third-order valence-corrected chi connectivity index (χ3v) is 7.45. The highest BCUT2D eigenvalue weighted by molar-refractivity contribution is 6.33. The topological polar surface area (TPSA) is 131 Å². The minimum atomic E-state index is 0.324. The van der Waals surface area contributed by atoms with Crippen LogP contribution < -0.4 is 0 Å². The average molecular weight is 600 g/mol. The number of hydrogen-bond acceptors (Lipinski definition) is 10. The predicted molar refractivity (Wildman–Crippen MR) is 174 cm³/mol. The van der Waals surface area contributed by atoms with Crippen LogP contribution in [0.5, 0.6) is 0 Å². The Morgan fingerprint density at radius 2 is 0.630 bits per heavy atom. The zero-order valence-electron chi connectivity index (χ0n) is 23.9. The average Bonchev–Trinajstić information content (AvgIpc) is 3.91. The Balaban J connectivity index is 1.23. The summed E-state index contributed by atoms with van der Waals surface area (Å²) in [4.78, 5) is 31.0. The van der Waals surface area contributed by atoms with Crippen molar-refractivity contribution < 1.29 is 0 Å². The monoisotopic (exact) mass is 599 g/mol. The van der Waals surface area contributed by atoms with Gasteiger partial charge in [0.15, 0.2) is 17.5 Å². The summed E-state index contributed by atoms with van der Waals surface area (Å²) in [6, 6.07) is 35.0. The maximum absolute atomic E-state index is 4.90. The molecule has 6 aromatic rings. The smallest absolute Gasteiger partial charge is 0.230 e. The van der Waals surface area contributed by atoms with Gasteiger partial charge < -0.3 is 0 Å². The van der Waals surface area contributed by atoms with E-state index >= 15 is 0 Å². The Hall–Kier alpha value is -6.89. The first-order chi connectivity index (χ1) is 22.8. The summed E-state index contributed by atoms with van der Waals surface area (Å²) in [5, 5.41) is 13.7. The lowest BCUT2D eigenvalue weighted by Crippen LogP contribution is -2.48. The van der Waals surface area contributed by atoms with E-state index < -0.39 is 0 Å². The zero-order valence-corrected chi connectivity index (χ0v) is 23.9. The first-order valence-electron chi connectivity index (χ1n) is 14.4. The molecule has 0 atom stereocenters. The summed E-state index contributed by atoms with van der Waals surface area (Å²) < 4.78 is 5.36. The molecule has 0 radical (unpaired) electrons. The quantitative estimate of drug-likeness (QED) is 0.283. The van der Waals surface area contributed by atoms with Crippen molar-refractivity contribution in [1.82, 2.24) is 34.2 Å². The number of guanidine groups is 3. The van der Waals surface area contributed by atoms with Crippen molar-refractivity contribution in [1.29, 1.82) is 0 Å². The van der Waals surface area contributed by atoms with Gasteiger partial charge in [-0.3, -0.25) is 0 Å². The van der Waals surface area contributed by atoms with E-state index in [1.807, 2.05) is 109 Å². The molecule has 3 aromatic carbocycles. The third-order valence-electron chi connectivity index (χ3n) is 7.45. The van der Waals surface area contributed by atoms with Crippen molar-refractivity contribution in [2.45, 2.75) is 0 Å². The molecule has 0 spiro atoms. The highest BCUT2D eigenvalue weighted by Crippen LogP contribution is 2.25. The van der Waals surface area contributed by atoms with Gasteiger partial charge in [0.05, 0.1) is 35.7 Å². The van der Waals surface area contributed by atoms with Crippen molar-refractivity contribution in [3.05, 3.63) is 145 Å². The molecule has 0 amide bonds. The molecule has 46 heavy (non-hydrogen) atoms. The normalized spacial score (nSPS) is 15.3. The van der Waals surface area contributed by atoms with Crippen molar-refractivity contribution in [2.24, 2.45) is 30.0 Å². The first-order valence-corrected chi connectivity index (χ1v) is 14.4. The van der Waals surface area contributed by atoms with Gasteiger partial charge >= 0.3 is 0 Å². The summed E-state index contributed by atoms with van der Waals surface area (Å²) >= 11 is 0. The van der Waals surface area contributed by atoms with E-state index in [1.165, 1.54) is 0 Å². The van der Waals surface area contributed by atoms with Gasteiger partial charge in [-0.1, -0.05) is 54.6 Å². The molecule has 3 aliphatic heterocycles. The second kappa shape index (κ2) is 10.4. The summed E-state index contributed by atoms with van der Waals surface area (Å²) in [5.41, 5.74) is 4.64. The molecule has 0 saturated carbocycles. The van der Waals surface area contributed by atoms with Gasteiger partial charge in [-0.2, -0.15) is 45.3 Å². The number of aromatic nitrogens is 6. The van der Waals surface area contributed by atoms with Gasteiger partial charge in [0.25, 0.3) is 0 Å². The molecule has 6 heterocycles. The summed E-state index contributed by atoms with van der Waals surface area (Å²) in [6.07, 6.45) is 5.14. The summed E-state index contributed by atoms with van der Waals surface area (Å²) in [5.74, 6) is 2.15. The van der Waals surface area contributed by atoms with Crippen LogP contribution in [0.4, 0.5) is 0 Å². The minimum absolute atomic E-state index is 0.324. The SMILES string of the molecule is c1ccc(-n2nccc2C2=NC3=NC(c4ccnn4-c4ccccc4)=NC4=NC(c5ccnn5-c5ccccc5)=NC(=N2)N34)cc1. The van der Waals surface area contributed by atoms with Gasteiger partial charge in [0.1, 0.15) is 17.1 Å². The molecule has 218 valence electrons. The molecule has 0 saturated heterocycles. The number of rotatable bonds is 6. The van der Waals surface area contributed by atoms with Crippen molar-refractivity contribution >= 4 is 35.4 Å². The third kappa shape index (κ3) is 4.22. The van der Waals surface area contributed by atoms with Crippen LogP contribution >= 0.6 is 0 Å². The zero-order chi connectivity index (χ0) is 30.5. The predicted octanol–water partition coefficient (Wildman–Crippen LogP) is 4.29. The number of benzene rings is 3. The molecule has 0 N–H and O–H groups in total. The lowest BCUT2D eigenvalue weighted by molar-refractivity contribution is 0.813. The second-order valence-corrected chi connectivity index (χ2v) is 10.3. The van der Waals surface area contributed by atoms with E-state index in [4.69, 9.17) is 30.0 Å². The highest BCUT2D eigenvalue weighted by atomic mass is 15.5. The number of aliphatic imine (C=N–C) groups is 6. The minimum Gasteiger partial charge on any atom is -0.230 e. The molecule has 3 aromatic heterocycles. The van der Waals surface area contributed by atoms with Crippen LogP contribution in [-0.2, 0) is 0 Å². The number of para-hydroxylation sites is 3. The summed E-state index contributed by atoms with van der Waals surface area (Å²) in [7, 11) is 0. The van der Waals surface area contributed by atoms with Crippen LogP contribution in [0, 0.1) is 0 Å². The molecule has 13 heteroatoms. The fourth-order valence-corrected chi connectivity index (χ4v) is 5.37. The van der Waals surface area contributed by atoms with Gasteiger partial charge in [0, 0.05) is 0 Å². The Bertz CT molecular complexity index is 2040. The number of nitrogens with zero attached hydrogens (tertiary/aromatic N) is 13. The number of hydrogen-bond donors (Lipinski definition) is 0. The second-order valence-electron chi connectivity index (χ2n) is 10.3. The Morgan fingerprint density at radius 1 is 0.326 bits per heavy atom. The van der Waals surface area contributed by atoms with Crippen LogP contribution in [-0.4, -0.2) is 69.6 Å². The van der Waals surface area contributed by atoms with E-state index in [0.29, 0.717) is 52.5 Å². The molecule has 0 unspecified atom stereocenters. The van der Waals surface area contributed by atoms with Gasteiger partial charge in [-0.05, 0) is 54.6 Å². The van der Waals surface area contributed by atoms with Crippen LogP contribution in [0.2, 0.25) is 0 Å². The van der Waals surface area contributed by atoms with E-state index in [9.17, 15) is 0 Å². The molecule has 13 nitrogen and oxygen atoms in total. The molecule has 3 aliphatic rings.